The Balaban J connectivity index is 1.90. The summed E-state index contributed by atoms with van der Waals surface area (Å²) in [5.74, 6) is -5.75. The molecule has 2 aromatic rings. The van der Waals surface area contributed by atoms with E-state index in [1.165, 1.54) is 14.0 Å². The minimum absolute atomic E-state index is 0.304. The van der Waals surface area contributed by atoms with Crippen molar-refractivity contribution in [1.29, 1.82) is 0 Å². The number of hydrogen-bond donors (Lipinski definition) is 1. The normalized spacial score (nSPS) is 11.4. The predicted molar refractivity (Wildman–Crippen MR) is 89.0 cm³/mol. The van der Waals surface area contributed by atoms with Gasteiger partial charge in [-0.15, -0.1) is 0 Å². The van der Waals surface area contributed by atoms with Gasteiger partial charge in [-0.3, -0.25) is 4.79 Å². The van der Waals surface area contributed by atoms with Crippen LogP contribution in [-0.4, -0.2) is 31.7 Å². The molecular weight excluding hydrogens is 367 g/mol. The molecule has 1 amide bonds. The fourth-order valence-corrected chi connectivity index (χ4v) is 2.02. The van der Waals surface area contributed by atoms with E-state index in [9.17, 15) is 22.8 Å². The van der Waals surface area contributed by atoms with Crippen LogP contribution in [0.25, 0.3) is 0 Å². The van der Waals surface area contributed by atoms with Gasteiger partial charge in [-0.1, -0.05) is 12.1 Å². The third-order valence-corrected chi connectivity index (χ3v) is 3.39. The van der Waals surface area contributed by atoms with Gasteiger partial charge >= 0.3 is 5.97 Å². The number of rotatable bonds is 7. The molecule has 2 aromatic carbocycles. The summed E-state index contributed by atoms with van der Waals surface area (Å²) in [6.07, 6.45) is -1.33. The average Bonchev–Trinajstić information content (AvgIpc) is 2.66. The van der Waals surface area contributed by atoms with Crippen LogP contribution in [0.4, 0.5) is 18.9 Å². The first kappa shape index (κ1) is 20.1. The zero-order chi connectivity index (χ0) is 20.0. The van der Waals surface area contributed by atoms with Crippen LogP contribution in [0.15, 0.2) is 36.4 Å². The molecule has 2 rings (SSSR count). The number of para-hydroxylation sites is 2. The Hall–Kier alpha value is -3.23. The third-order valence-electron chi connectivity index (χ3n) is 3.39. The van der Waals surface area contributed by atoms with Gasteiger partial charge in [-0.2, -0.15) is 0 Å². The fraction of sp³-hybridized carbons (Fsp3) is 0.222. The van der Waals surface area contributed by atoms with Crippen molar-refractivity contribution in [3.05, 3.63) is 53.8 Å². The number of amides is 1. The van der Waals surface area contributed by atoms with Crippen molar-refractivity contribution >= 4 is 17.6 Å². The third kappa shape index (κ3) is 5.13. The molecule has 1 atom stereocenters. The Kier molecular flexibility index (Phi) is 6.64. The molecule has 0 saturated carbocycles. The molecule has 0 aliphatic heterocycles. The van der Waals surface area contributed by atoms with Crippen molar-refractivity contribution in [1.82, 2.24) is 0 Å². The van der Waals surface area contributed by atoms with E-state index in [4.69, 9.17) is 14.2 Å². The van der Waals surface area contributed by atoms with E-state index in [1.807, 2.05) is 5.32 Å². The van der Waals surface area contributed by atoms with Gasteiger partial charge in [0.2, 0.25) is 0 Å². The number of ether oxygens (including phenoxy) is 3. The van der Waals surface area contributed by atoms with Gasteiger partial charge in [0.1, 0.15) is 0 Å². The molecule has 0 unspecified atom stereocenters. The van der Waals surface area contributed by atoms with Gasteiger partial charge in [-0.05, 0) is 31.2 Å². The Morgan fingerprint density at radius 1 is 1.04 bits per heavy atom. The summed E-state index contributed by atoms with van der Waals surface area (Å²) >= 11 is 0. The highest BCUT2D eigenvalue weighted by Crippen LogP contribution is 2.25. The van der Waals surface area contributed by atoms with Crippen LogP contribution in [0.1, 0.15) is 6.92 Å². The van der Waals surface area contributed by atoms with Crippen molar-refractivity contribution in [2.45, 2.75) is 13.0 Å². The number of carbonyl (C=O) groups is 2. The number of benzene rings is 2. The van der Waals surface area contributed by atoms with E-state index in [2.05, 4.69) is 0 Å². The van der Waals surface area contributed by atoms with Crippen LogP contribution in [0.2, 0.25) is 0 Å². The maximum atomic E-state index is 13.6. The van der Waals surface area contributed by atoms with Gasteiger partial charge in [0.15, 0.2) is 41.7 Å². The molecule has 0 radical (unpaired) electrons. The summed E-state index contributed by atoms with van der Waals surface area (Å²) in [4.78, 5) is 23.7. The molecule has 0 aliphatic rings. The maximum Gasteiger partial charge on any atom is 0.344 e. The monoisotopic (exact) mass is 383 g/mol. The Labute approximate surface area is 152 Å². The van der Waals surface area contributed by atoms with Crippen molar-refractivity contribution in [2.75, 3.05) is 19.0 Å². The second-order valence-corrected chi connectivity index (χ2v) is 5.28. The van der Waals surface area contributed by atoms with Crippen LogP contribution >= 0.6 is 0 Å². The van der Waals surface area contributed by atoms with Crippen LogP contribution in [0.3, 0.4) is 0 Å². The highest BCUT2D eigenvalue weighted by Gasteiger charge is 2.21. The topological polar surface area (TPSA) is 73.9 Å². The second-order valence-electron chi connectivity index (χ2n) is 5.28. The highest BCUT2D eigenvalue weighted by molar-refractivity contribution is 5.95. The molecule has 0 bridgehead atoms. The summed E-state index contributed by atoms with van der Waals surface area (Å²) in [5, 5.41) is 2.02. The molecule has 27 heavy (non-hydrogen) atoms. The molecule has 0 fully saturated rings. The first-order valence-corrected chi connectivity index (χ1v) is 7.73. The standard InChI is InChI=1S/C18H16F3NO5/c1-10(18(24)22-12-8-7-11(19)16(20)17(12)21)27-15(23)9-26-14-6-4-3-5-13(14)25-2/h3-8,10H,9H2,1-2H3,(H,22,24)/t10-/m0/s1. The highest BCUT2D eigenvalue weighted by atomic mass is 19.2. The number of esters is 1. The lowest BCUT2D eigenvalue weighted by atomic mass is 10.2. The lowest BCUT2D eigenvalue weighted by Gasteiger charge is -2.15. The van der Waals surface area contributed by atoms with E-state index in [-0.39, 0.29) is 0 Å². The first-order valence-electron chi connectivity index (χ1n) is 7.73. The minimum Gasteiger partial charge on any atom is -0.493 e. The van der Waals surface area contributed by atoms with Crippen molar-refractivity contribution in [2.24, 2.45) is 0 Å². The fourth-order valence-electron chi connectivity index (χ4n) is 2.02. The van der Waals surface area contributed by atoms with Gasteiger partial charge in [-0.25, -0.2) is 18.0 Å². The average molecular weight is 383 g/mol. The number of carbonyl (C=O) groups excluding carboxylic acids is 2. The first-order chi connectivity index (χ1) is 12.8. The predicted octanol–water partition coefficient (Wildman–Crippen LogP) is 3.06. The molecule has 9 heteroatoms. The lowest BCUT2D eigenvalue weighted by molar-refractivity contribution is -0.155. The Morgan fingerprint density at radius 3 is 2.37 bits per heavy atom. The summed E-state index contributed by atoms with van der Waals surface area (Å²) in [5.41, 5.74) is -0.577. The molecular formula is C18H16F3NO5. The van der Waals surface area contributed by atoms with Crippen LogP contribution in [-0.2, 0) is 14.3 Å². The SMILES string of the molecule is COc1ccccc1OCC(=O)O[C@@H](C)C(=O)Nc1ccc(F)c(F)c1F. The summed E-state index contributed by atoms with van der Waals surface area (Å²) < 4.78 is 54.8. The minimum atomic E-state index is -1.72. The molecule has 144 valence electrons. The van der Waals surface area contributed by atoms with Gasteiger partial charge in [0, 0.05) is 0 Å². The number of anilines is 1. The summed E-state index contributed by atoms with van der Waals surface area (Å²) in [7, 11) is 1.43. The smallest absolute Gasteiger partial charge is 0.344 e. The molecule has 0 spiro atoms. The summed E-state index contributed by atoms with van der Waals surface area (Å²) in [6.45, 7) is 0.728. The zero-order valence-electron chi connectivity index (χ0n) is 14.4. The molecule has 0 saturated heterocycles. The lowest BCUT2D eigenvalue weighted by Crippen LogP contribution is -2.32. The van der Waals surface area contributed by atoms with E-state index < -0.39 is 47.7 Å². The number of halogens is 3. The summed E-state index contributed by atoms with van der Waals surface area (Å²) in [6, 6.07) is 8.11. The van der Waals surface area contributed by atoms with E-state index in [1.54, 1.807) is 24.3 Å². The maximum absolute atomic E-state index is 13.6. The molecule has 0 heterocycles. The molecule has 0 aromatic heterocycles. The van der Waals surface area contributed by atoms with E-state index in [0.717, 1.165) is 6.07 Å². The second kappa shape index (κ2) is 8.93. The van der Waals surface area contributed by atoms with Crippen LogP contribution < -0.4 is 14.8 Å². The quantitative estimate of drug-likeness (QED) is 0.588. The molecule has 0 aliphatic carbocycles. The Bertz CT molecular complexity index is 844. The van der Waals surface area contributed by atoms with E-state index in [0.29, 0.717) is 17.6 Å². The zero-order valence-corrected chi connectivity index (χ0v) is 14.4. The van der Waals surface area contributed by atoms with Crippen molar-refractivity contribution < 1.29 is 37.0 Å². The van der Waals surface area contributed by atoms with Crippen molar-refractivity contribution in [3.63, 3.8) is 0 Å². The number of methoxy groups -OCH3 is 1. The van der Waals surface area contributed by atoms with Crippen LogP contribution in [0, 0.1) is 17.5 Å². The molecule has 1 N–H and O–H groups in total. The van der Waals surface area contributed by atoms with Gasteiger partial charge < -0.3 is 19.5 Å². The number of nitrogens with one attached hydrogen (secondary N) is 1. The number of hydrogen-bond acceptors (Lipinski definition) is 5. The van der Waals surface area contributed by atoms with Crippen LogP contribution in [0.5, 0.6) is 11.5 Å². The van der Waals surface area contributed by atoms with Crippen molar-refractivity contribution in [3.8, 4) is 11.5 Å². The molecule has 6 nitrogen and oxygen atoms in total. The van der Waals surface area contributed by atoms with E-state index >= 15 is 0 Å². The van der Waals surface area contributed by atoms with Gasteiger partial charge in [0.05, 0.1) is 12.8 Å². The van der Waals surface area contributed by atoms with Gasteiger partial charge in [0.25, 0.3) is 5.91 Å². The Morgan fingerprint density at radius 2 is 1.70 bits per heavy atom. The largest absolute Gasteiger partial charge is 0.493 e.